The molecule has 1 aromatic carbocycles. The Morgan fingerprint density at radius 3 is 2.79 bits per heavy atom. The highest BCUT2D eigenvalue weighted by Gasteiger charge is 2.24. The minimum atomic E-state index is -0.757. The summed E-state index contributed by atoms with van der Waals surface area (Å²) in [7, 11) is 0. The summed E-state index contributed by atoms with van der Waals surface area (Å²) < 4.78 is 27.8. The van der Waals surface area contributed by atoms with Crippen molar-refractivity contribution in [3.63, 3.8) is 0 Å². The van der Waals surface area contributed by atoms with Crippen molar-refractivity contribution in [2.24, 2.45) is 0 Å². The average molecular weight is 612 g/mol. The molecule has 13 heteroatoms. The van der Waals surface area contributed by atoms with E-state index in [1.807, 2.05) is 6.92 Å². The number of pyridine rings is 1. The number of hydrogen-bond acceptors (Lipinski definition) is 8. The number of aryl methyl sites for hydroxylation is 1. The van der Waals surface area contributed by atoms with E-state index in [1.54, 1.807) is 17.7 Å². The Morgan fingerprint density at radius 1 is 1.29 bits per heavy atom. The maximum Gasteiger partial charge on any atom is 0.406 e. The molecule has 1 unspecified atom stereocenters. The lowest BCUT2D eigenvalue weighted by Gasteiger charge is -2.18. The fourth-order valence-electron chi connectivity index (χ4n) is 3.36. The van der Waals surface area contributed by atoms with Crippen LogP contribution in [-0.4, -0.2) is 29.0 Å². The van der Waals surface area contributed by atoms with Crippen LogP contribution in [-0.2, 0) is 13.0 Å². The van der Waals surface area contributed by atoms with Crippen LogP contribution >= 0.6 is 43.4 Å². The van der Waals surface area contributed by atoms with Crippen molar-refractivity contribution in [3.05, 3.63) is 77.8 Å². The van der Waals surface area contributed by atoms with Crippen LogP contribution in [0.2, 0.25) is 0 Å². The van der Waals surface area contributed by atoms with Crippen molar-refractivity contribution < 1.29 is 14.1 Å². The molecule has 0 aliphatic heterocycles. The average Bonchev–Trinajstić information content (AvgIpc) is 3.40. The van der Waals surface area contributed by atoms with E-state index in [-0.39, 0.29) is 5.75 Å². The Hall–Kier alpha value is -2.77. The van der Waals surface area contributed by atoms with Gasteiger partial charge in [-0.25, -0.2) is 14.1 Å². The second-order valence-corrected chi connectivity index (χ2v) is 9.75. The fraction of sp³-hybridized carbons (Fsp3) is 0.238. The Labute approximate surface area is 214 Å². The molecular formula is C21H17Br2FN6O3S. The number of aromatic nitrogens is 5. The van der Waals surface area contributed by atoms with Gasteiger partial charge in [0.2, 0.25) is 5.75 Å². The summed E-state index contributed by atoms with van der Waals surface area (Å²) in [5.74, 6) is -0.437. The van der Waals surface area contributed by atoms with Crippen LogP contribution in [0, 0.1) is 15.9 Å². The van der Waals surface area contributed by atoms with Gasteiger partial charge in [-0.05, 0) is 84.8 Å². The van der Waals surface area contributed by atoms with Gasteiger partial charge in [-0.3, -0.25) is 0 Å². The first-order valence-electron chi connectivity index (χ1n) is 10.1. The van der Waals surface area contributed by atoms with Crippen LogP contribution in [0.1, 0.15) is 36.1 Å². The highest BCUT2D eigenvalue weighted by Crippen LogP contribution is 2.35. The molecule has 0 radical (unpaired) electrons. The zero-order valence-electron chi connectivity index (χ0n) is 17.9. The molecule has 3 heterocycles. The predicted octanol–water partition coefficient (Wildman–Crippen LogP) is 6.12. The summed E-state index contributed by atoms with van der Waals surface area (Å²) in [6.07, 6.45) is 2.78. The van der Waals surface area contributed by atoms with E-state index < -0.39 is 22.7 Å². The van der Waals surface area contributed by atoms with Crippen LogP contribution in [0.4, 0.5) is 10.2 Å². The normalized spacial score (nSPS) is 12.0. The molecule has 0 N–H and O–H groups in total. The van der Waals surface area contributed by atoms with E-state index in [4.69, 9.17) is 4.74 Å². The van der Waals surface area contributed by atoms with Crippen LogP contribution < -0.4 is 4.74 Å². The first-order chi connectivity index (χ1) is 16.3. The molecular weight excluding hydrogens is 595 g/mol. The lowest BCUT2D eigenvalue weighted by molar-refractivity contribution is -0.390. The smallest absolute Gasteiger partial charge is 0.406 e. The third-order valence-corrected chi connectivity index (χ3v) is 7.47. The van der Waals surface area contributed by atoms with Gasteiger partial charge in [-0.2, -0.15) is 9.47 Å². The maximum absolute atomic E-state index is 14.3. The molecule has 0 aliphatic rings. The number of benzene rings is 1. The molecule has 1 atom stereocenters. The van der Waals surface area contributed by atoms with E-state index in [1.165, 1.54) is 42.3 Å². The summed E-state index contributed by atoms with van der Waals surface area (Å²) in [6.45, 7) is 4.12. The molecule has 176 valence electrons. The lowest BCUT2D eigenvalue weighted by atomic mass is 10.0. The van der Waals surface area contributed by atoms with Gasteiger partial charge >= 0.3 is 5.82 Å². The van der Waals surface area contributed by atoms with Gasteiger partial charge in [0.25, 0.3) is 0 Å². The molecule has 9 nitrogen and oxygen atoms in total. The van der Waals surface area contributed by atoms with Gasteiger partial charge < -0.3 is 14.9 Å². The van der Waals surface area contributed by atoms with Crippen molar-refractivity contribution in [3.8, 4) is 17.1 Å². The molecule has 0 aliphatic carbocycles. The first-order valence-corrected chi connectivity index (χ1v) is 12.4. The predicted molar refractivity (Wildman–Crippen MR) is 131 cm³/mol. The topological polar surface area (TPSA) is 109 Å². The molecule has 3 aromatic heterocycles. The molecule has 0 bridgehead atoms. The van der Waals surface area contributed by atoms with Crippen molar-refractivity contribution in [1.29, 1.82) is 0 Å². The third-order valence-electron chi connectivity index (χ3n) is 4.98. The van der Waals surface area contributed by atoms with Crippen molar-refractivity contribution >= 4 is 49.2 Å². The van der Waals surface area contributed by atoms with Gasteiger partial charge in [0.15, 0.2) is 12.0 Å². The quantitative estimate of drug-likeness (QED) is 0.174. The molecule has 34 heavy (non-hydrogen) atoms. The Kier molecular flexibility index (Phi) is 7.33. The lowest BCUT2D eigenvalue weighted by Crippen LogP contribution is -2.10. The number of hydrogen-bond donors (Lipinski definition) is 0. The van der Waals surface area contributed by atoms with Crippen molar-refractivity contribution in [2.45, 2.75) is 32.9 Å². The minimum absolute atomic E-state index is 0.0377. The summed E-state index contributed by atoms with van der Waals surface area (Å²) >= 11 is 8.22. The summed E-state index contributed by atoms with van der Waals surface area (Å²) in [6, 6.07) is 5.70. The van der Waals surface area contributed by atoms with E-state index in [0.29, 0.717) is 28.0 Å². The minimum Gasteiger partial charge on any atom is -0.478 e. The van der Waals surface area contributed by atoms with Gasteiger partial charge in [-0.15, -0.1) is 0 Å². The summed E-state index contributed by atoms with van der Waals surface area (Å²) in [5.41, 5.74) is 2.02. The second-order valence-electron chi connectivity index (χ2n) is 7.19. The van der Waals surface area contributed by atoms with Crippen molar-refractivity contribution in [1.82, 2.24) is 24.1 Å². The van der Waals surface area contributed by atoms with E-state index >= 15 is 0 Å². The van der Waals surface area contributed by atoms with Crippen molar-refractivity contribution in [2.75, 3.05) is 0 Å². The number of rotatable bonds is 8. The van der Waals surface area contributed by atoms with E-state index in [9.17, 15) is 14.5 Å². The molecule has 4 aromatic rings. The molecule has 0 saturated carbocycles. The summed E-state index contributed by atoms with van der Waals surface area (Å²) in [5, 5.41) is 15.7. The van der Waals surface area contributed by atoms with E-state index in [2.05, 4.69) is 51.3 Å². The van der Waals surface area contributed by atoms with Gasteiger partial charge in [0.05, 0.1) is 26.1 Å². The van der Waals surface area contributed by atoms with Gasteiger partial charge in [0, 0.05) is 17.2 Å². The van der Waals surface area contributed by atoms with Crippen LogP contribution in [0.3, 0.4) is 0 Å². The standard InChI is InChI=1S/C21H17Br2FN6O3S/c1-3-16-19(23)18(34-28-16)9-29-20(26-10-27-29)14-5-4-13(24)7-15(14)11(2)33-17-6-12(22)8-25-21(17)30(31)32/h4-8,10-11H,3,9H2,1-2H3. The number of halogens is 3. The highest BCUT2D eigenvalue weighted by molar-refractivity contribution is 9.10. The highest BCUT2D eigenvalue weighted by atomic mass is 79.9. The van der Waals surface area contributed by atoms with Gasteiger partial charge in [-0.1, -0.05) is 6.92 Å². The largest absolute Gasteiger partial charge is 0.478 e. The van der Waals surface area contributed by atoms with Crippen LogP contribution in [0.25, 0.3) is 11.4 Å². The zero-order chi connectivity index (χ0) is 24.4. The van der Waals surface area contributed by atoms with E-state index in [0.717, 1.165) is 21.5 Å². The second kappa shape index (κ2) is 10.2. The third kappa shape index (κ3) is 5.00. The molecule has 0 spiro atoms. The summed E-state index contributed by atoms with van der Waals surface area (Å²) in [4.78, 5) is 19.9. The van der Waals surface area contributed by atoms with Crippen LogP contribution in [0.15, 0.2) is 45.7 Å². The van der Waals surface area contributed by atoms with Gasteiger partial charge in [0.1, 0.15) is 18.2 Å². The number of nitrogens with zero attached hydrogens (tertiary/aromatic N) is 6. The number of ether oxygens (including phenoxy) is 1. The first kappa shape index (κ1) is 24.4. The van der Waals surface area contributed by atoms with Crippen LogP contribution in [0.5, 0.6) is 5.75 Å². The SMILES string of the molecule is CCc1nsc(Cn2ncnc2-c2ccc(F)cc2C(C)Oc2cc(Br)cnc2[N+](=O)[O-])c1Br. The Bertz CT molecular complexity index is 1360. The fourth-order valence-corrected chi connectivity index (χ4v) is 5.32. The Balaban J connectivity index is 1.71. The molecule has 0 amide bonds. The maximum atomic E-state index is 14.3. The zero-order valence-corrected chi connectivity index (χ0v) is 21.9. The molecule has 0 fully saturated rings. The Morgan fingerprint density at radius 2 is 2.09 bits per heavy atom. The number of nitro groups is 1. The monoisotopic (exact) mass is 610 g/mol. The molecule has 0 saturated heterocycles. The molecule has 4 rings (SSSR count).